The van der Waals surface area contributed by atoms with E-state index >= 15 is 0 Å². The molecular formula is C15H16N2O2. The van der Waals surface area contributed by atoms with Crippen molar-refractivity contribution in [3.05, 3.63) is 54.4 Å². The van der Waals surface area contributed by atoms with Crippen molar-refractivity contribution in [2.24, 2.45) is 0 Å². The minimum atomic E-state index is -0.106. The maximum absolute atomic E-state index is 11.9. The van der Waals surface area contributed by atoms with Crippen LogP contribution in [-0.4, -0.2) is 17.5 Å². The average molecular weight is 256 g/mol. The van der Waals surface area contributed by atoms with Crippen LogP contribution in [0.15, 0.2) is 48.7 Å². The average Bonchev–Trinajstić information content (AvgIpc) is 2.42. The van der Waals surface area contributed by atoms with Gasteiger partial charge in [0.1, 0.15) is 5.75 Å². The first-order chi connectivity index (χ1) is 9.29. The number of aromatic nitrogens is 1. The number of amides is 1. The smallest absolute Gasteiger partial charge is 0.230 e. The predicted octanol–water partition coefficient (Wildman–Crippen LogP) is 2.66. The van der Waals surface area contributed by atoms with Gasteiger partial charge in [-0.05, 0) is 31.2 Å². The molecule has 0 aliphatic carbocycles. The molecular weight excluding hydrogens is 240 g/mol. The third-order valence-electron chi connectivity index (χ3n) is 2.53. The number of hydrogen-bond acceptors (Lipinski definition) is 3. The summed E-state index contributed by atoms with van der Waals surface area (Å²) in [6.45, 7) is 2.47. The lowest BCUT2D eigenvalue weighted by atomic mass is 10.2. The molecule has 0 unspecified atom stereocenters. The molecule has 1 aromatic heterocycles. The minimum Gasteiger partial charge on any atom is -0.492 e. The number of ether oxygens (including phenoxy) is 1. The third kappa shape index (κ3) is 3.81. The molecule has 2 aromatic rings. The summed E-state index contributed by atoms with van der Waals surface area (Å²) in [6.07, 6.45) is 1.93. The fourth-order valence-electron chi connectivity index (χ4n) is 1.71. The number of rotatable bonds is 5. The number of hydrogen-bond donors (Lipinski definition) is 1. The first-order valence-electron chi connectivity index (χ1n) is 6.21. The third-order valence-corrected chi connectivity index (χ3v) is 2.53. The van der Waals surface area contributed by atoms with Gasteiger partial charge in [-0.15, -0.1) is 0 Å². The van der Waals surface area contributed by atoms with Crippen molar-refractivity contribution < 1.29 is 9.53 Å². The topological polar surface area (TPSA) is 51.2 Å². The molecule has 0 aliphatic heterocycles. The number of anilines is 1. The van der Waals surface area contributed by atoms with E-state index in [0.717, 1.165) is 5.69 Å². The zero-order valence-corrected chi connectivity index (χ0v) is 10.8. The normalized spacial score (nSPS) is 9.95. The van der Waals surface area contributed by atoms with Crippen LogP contribution >= 0.6 is 0 Å². The summed E-state index contributed by atoms with van der Waals surface area (Å²) in [5.74, 6) is 0.574. The second-order valence-corrected chi connectivity index (χ2v) is 3.98. The summed E-state index contributed by atoms with van der Waals surface area (Å²) in [7, 11) is 0. The van der Waals surface area contributed by atoms with Crippen molar-refractivity contribution in [3.8, 4) is 5.75 Å². The van der Waals surface area contributed by atoms with Crippen molar-refractivity contribution in [3.63, 3.8) is 0 Å². The molecule has 1 amide bonds. The highest BCUT2D eigenvalue weighted by molar-refractivity contribution is 5.93. The van der Waals surface area contributed by atoms with Crippen molar-refractivity contribution >= 4 is 11.6 Å². The standard InChI is InChI=1S/C15H16N2O2/c1-2-19-14-9-4-3-8-13(14)17-15(18)11-12-7-5-6-10-16-12/h3-10H,2,11H2,1H3,(H,17,18). The highest BCUT2D eigenvalue weighted by Crippen LogP contribution is 2.23. The molecule has 1 heterocycles. The summed E-state index contributed by atoms with van der Waals surface area (Å²) < 4.78 is 5.46. The van der Waals surface area contributed by atoms with E-state index in [1.807, 2.05) is 49.4 Å². The Hall–Kier alpha value is -2.36. The van der Waals surface area contributed by atoms with Crippen LogP contribution in [0.1, 0.15) is 12.6 Å². The van der Waals surface area contributed by atoms with E-state index in [9.17, 15) is 4.79 Å². The molecule has 0 atom stereocenters. The molecule has 98 valence electrons. The Kier molecular flexibility index (Phi) is 4.50. The van der Waals surface area contributed by atoms with E-state index in [1.165, 1.54) is 0 Å². The number of benzene rings is 1. The second kappa shape index (κ2) is 6.54. The van der Waals surface area contributed by atoms with Gasteiger partial charge in [0, 0.05) is 11.9 Å². The Morgan fingerprint density at radius 2 is 2.00 bits per heavy atom. The van der Waals surface area contributed by atoms with Crippen LogP contribution in [-0.2, 0) is 11.2 Å². The lowest BCUT2D eigenvalue weighted by Crippen LogP contribution is -2.15. The minimum absolute atomic E-state index is 0.106. The number of nitrogens with one attached hydrogen (secondary N) is 1. The lowest BCUT2D eigenvalue weighted by molar-refractivity contribution is -0.115. The molecule has 0 saturated carbocycles. The van der Waals surface area contributed by atoms with Gasteiger partial charge in [-0.1, -0.05) is 18.2 Å². The zero-order valence-electron chi connectivity index (χ0n) is 10.8. The van der Waals surface area contributed by atoms with Gasteiger partial charge in [-0.25, -0.2) is 0 Å². The molecule has 0 bridgehead atoms. The number of pyridine rings is 1. The molecule has 1 N–H and O–H groups in total. The van der Waals surface area contributed by atoms with Gasteiger partial charge in [0.15, 0.2) is 0 Å². The maximum atomic E-state index is 11.9. The predicted molar refractivity (Wildman–Crippen MR) is 74.2 cm³/mol. The van der Waals surface area contributed by atoms with E-state index < -0.39 is 0 Å². The summed E-state index contributed by atoms with van der Waals surface area (Å²) in [4.78, 5) is 16.1. The molecule has 0 radical (unpaired) electrons. The van der Waals surface area contributed by atoms with Crippen LogP contribution in [0.3, 0.4) is 0 Å². The SMILES string of the molecule is CCOc1ccccc1NC(=O)Cc1ccccn1. The molecule has 0 saturated heterocycles. The van der Waals surface area contributed by atoms with Crippen LogP contribution in [0.4, 0.5) is 5.69 Å². The summed E-state index contributed by atoms with van der Waals surface area (Å²) in [5.41, 5.74) is 1.43. The van der Waals surface area contributed by atoms with E-state index in [0.29, 0.717) is 18.0 Å². The monoisotopic (exact) mass is 256 g/mol. The van der Waals surface area contributed by atoms with Gasteiger partial charge in [-0.3, -0.25) is 9.78 Å². The molecule has 2 rings (SSSR count). The van der Waals surface area contributed by atoms with E-state index in [1.54, 1.807) is 6.20 Å². The molecule has 4 heteroatoms. The van der Waals surface area contributed by atoms with Crippen LogP contribution in [0, 0.1) is 0 Å². The molecule has 0 aliphatic rings. The lowest BCUT2D eigenvalue weighted by Gasteiger charge is -2.10. The Labute approximate surface area is 112 Å². The fraction of sp³-hybridized carbons (Fsp3) is 0.200. The van der Waals surface area contributed by atoms with Crippen LogP contribution < -0.4 is 10.1 Å². The Morgan fingerprint density at radius 1 is 1.21 bits per heavy atom. The van der Waals surface area contributed by atoms with Crippen LogP contribution in [0.25, 0.3) is 0 Å². The molecule has 0 spiro atoms. The van der Waals surface area contributed by atoms with Gasteiger partial charge in [0.05, 0.1) is 18.7 Å². The quantitative estimate of drug-likeness (QED) is 0.894. The van der Waals surface area contributed by atoms with Gasteiger partial charge >= 0.3 is 0 Å². The summed E-state index contributed by atoms with van der Waals surface area (Å²) in [6, 6.07) is 12.9. The highest BCUT2D eigenvalue weighted by Gasteiger charge is 2.08. The highest BCUT2D eigenvalue weighted by atomic mass is 16.5. The van der Waals surface area contributed by atoms with Crippen molar-refractivity contribution in [2.45, 2.75) is 13.3 Å². The zero-order chi connectivity index (χ0) is 13.5. The summed E-state index contributed by atoms with van der Waals surface area (Å²) in [5, 5.41) is 2.84. The van der Waals surface area contributed by atoms with Gasteiger partial charge in [-0.2, -0.15) is 0 Å². The fourth-order valence-corrected chi connectivity index (χ4v) is 1.71. The summed E-state index contributed by atoms with van der Waals surface area (Å²) >= 11 is 0. The van der Waals surface area contributed by atoms with Gasteiger partial charge in [0.25, 0.3) is 0 Å². The second-order valence-electron chi connectivity index (χ2n) is 3.98. The van der Waals surface area contributed by atoms with E-state index in [4.69, 9.17) is 4.74 Å². The Balaban J connectivity index is 2.03. The molecule has 0 fully saturated rings. The van der Waals surface area contributed by atoms with E-state index in [-0.39, 0.29) is 12.3 Å². The number of carbonyl (C=O) groups is 1. The van der Waals surface area contributed by atoms with Gasteiger partial charge < -0.3 is 10.1 Å². The van der Waals surface area contributed by atoms with Crippen molar-refractivity contribution in [1.29, 1.82) is 0 Å². The molecule has 4 nitrogen and oxygen atoms in total. The molecule has 1 aromatic carbocycles. The van der Waals surface area contributed by atoms with Crippen LogP contribution in [0.2, 0.25) is 0 Å². The number of carbonyl (C=O) groups excluding carboxylic acids is 1. The largest absolute Gasteiger partial charge is 0.492 e. The maximum Gasteiger partial charge on any atom is 0.230 e. The van der Waals surface area contributed by atoms with E-state index in [2.05, 4.69) is 10.3 Å². The first kappa shape index (κ1) is 13.1. The first-order valence-corrected chi connectivity index (χ1v) is 6.21. The number of para-hydroxylation sites is 2. The Morgan fingerprint density at radius 3 is 2.74 bits per heavy atom. The van der Waals surface area contributed by atoms with Crippen LogP contribution in [0.5, 0.6) is 5.75 Å². The molecule has 19 heavy (non-hydrogen) atoms. The Bertz CT molecular complexity index is 541. The van der Waals surface area contributed by atoms with Crippen molar-refractivity contribution in [2.75, 3.05) is 11.9 Å². The number of nitrogens with zero attached hydrogens (tertiary/aromatic N) is 1. The van der Waals surface area contributed by atoms with Crippen molar-refractivity contribution in [1.82, 2.24) is 4.98 Å². The van der Waals surface area contributed by atoms with Gasteiger partial charge in [0.2, 0.25) is 5.91 Å².